The molecule has 0 aliphatic rings. The number of carbonyl (C=O) groups is 2. The Labute approximate surface area is 90.1 Å². The van der Waals surface area contributed by atoms with Crippen molar-refractivity contribution in [2.45, 2.75) is 33.6 Å². The number of carboxylic acids is 1. The van der Waals surface area contributed by atoms with Crippen LogP contribution in [-0.4, -0.2) is 23.5 Å². The lowest BCUT2D eigenvalue weighted by Crippen LogP contribution is -2.33. The molecule has 0 aromatic rings. The van der Waals surface area contributed by atoms with Gasteiger partial charge in [-0.05, 0) is 20.8 Å². The number of nitrogens with one attached hydrogen (secondary N) is 1. The van der Waals surface area contributed by atoms with Crippen molar-refractivity contribution in [3.8, 4) is 11.8 Å². The molecule has 4 heteroatoms. The van der Waals surface area contributed by atoms with Gasteiger partial charge in [0, 0.05) is 19.4 Å². The van der Waals surface area contributed by atoms with E-state index in [1.54, 1.807) is 6.92 Å². The highest BCUT2D eigenvalue weighted by Gasteiger charge is 2.29. The van der Waals surface area contributed by atoms with E-state index >= 15 is 0 Å². The van der Waals surface area contributed by atoms with Crippen molar-refractivity contribution in [3.05, 3.63) is 0 Å². The van der Waals surface area contributed by atoms with Gasteiger partial charge in [0.25, 0.3) is 0 Å². The van der Waals surface area contributed by atoms with Crippen molar-refractivity contribution in [3.63, 3.8) is 0 Å². The van der Waals surface area contributed by atoms with Crippen molar-refractivity contribution in [1.82, 2.24) is 5.32 Å². The van der Waals surface area contributed by atoms with E-state index in [4.69, 9.17) is 5.11 Å². The summed E-state index contributed by atoms with van der Waals surface area (Å²) in [5, 5.41) is 11.4. The van der Waals surface area contributed by atoms with Gasteiger partial charge in [0.2, 0.25) is 5.91 Å². The minimum atomic E-state index is -1.01. The summed E-state index contributed by atoms with van der Waals surface area (Å²) in [4.78, 5) is 22.0. The first-order chi connectivity index (χ1) is 6.90. The average molecular weight is 211 g/mol. The normalized spacial score (nSPS) is 10.1. The van der Waals surface area contributed by atoms with Gasteiger partial charge < -0.3 is 10.4 Å². The third kappa shape index (κ3) is 5.74. The molecule has 0 spiro atoms. The summed E-state index contributed by atoms with van der Waals surface area (Å²) in [6.07, 6.45) is 0.581. The first-order valence-electron chi connectivity index (χ1n) is 4.80. The smallest absolute Gasteiger partial charge is 0.309 e. The van der Waals surface area contributed by atoms with Crippen LogP contribution in [0, 0.1) is 17.3 Å². The third-order valence-corrected chi connectivity index (χ3v) is 1.93. The van der Waals surface area contributed by atoms with Crippen molar-refractivity contribution in [1.29, 1.82) is 0 Å². The number of amides is 1. The summed E-state index contributed by atoms with van der Waals surface area (Å²) >= 11 is 0. The maximum absolute atomic E-state index is 11.3. The molecular formula is C11H17NO3. The molecule has 0 fully saturated rings. The Kier molecular flexibility index (Phi) is 5.46. The van der Waals surface area contributed by atoms with Gasteiger partial charge in [0.15, 0.2) is 0 Å². The van der Waals surface area contributed by atoms with E-state index in [9.17, 15) is 9.59 Å². The highest BCUT2D eigenvalue weighted by atomic mass is 16.4. The molecule has 0 saturated carbocycles. The first-order valence-corrected chi connectivity index (χ1v) is 4.80. The predicted octanol–water partition coefficient (Wildman–Crippen LogP) is 1.02. The fourth-order valence-corrected chi connectivity index (χ4v) is 0.929. The van der Waals surface area contributed by atoms with E-state index < -0.39 is 11.4 Å². The van der Waals surface area contributed by atoms with E-state index in [0.29, 0.717) is 13.0 Å². The molecule has 0 aliphatic heterocycles. The molecule has 84 valence electrons. The lowest BCUT2D eigenvalue weighted by molar-refractivity contribution is -0.149. The van der Waals surface area contributed by atoms with Crippen molar-refractivity contribution < 1.29 is 14.7 Å². The van der Waals surface area contributed by atoms with Crippen LogP contribution in [0.3, 0.4) is 0 Å². The molecule has 1 amide bonds. The van der Waals surface area contributed by atoms with Crippen LogP contribution in [-0.2, 0) is 9.59 Å². The number of aliphatic carboxylic acids is 1. The standard InChI is InChI=1S/C11H17NO3/c1-4-5-6-7-12-9(13)8-11(2,3)10(14)15/h6-8H2,1-3H3,(H,12,13)(H,14,15). The molecule has 0 heterocycles. The van der Waals surface area contributed by atoms with Crippen LogP contribution in [0.4, 0.5) is 0 Å². The SMILES string of the molecule is CC#CCCNC(=O)CC(C)(C)C(=O)O. The minimum absolute atomic E-state index is 0.0120. The molecule has 4 nitrogen and oxygen atoms in total. The van der Waals surface area contributed by atoms with Gasteiger partial charge in [-0.2, -0.15) is 0 Å². The summed E-state index contributed by atoms with van der Waals surface area (Å²) in [7, 11) is 0. The van der Waals surface area contributed by atoms with Gasteiger partial charge in [0.1, 0.15) is 0 Å². The molecule has 0 aromatic carbocycles. The van der Waals surface area contributed by atoms with E-state index in [-0.39, 0.29) is 12.3 Å². The summed E-state index contributed by atoms with van der Waals surface area (Å²) in [6, 6.07) is 0. The molecule has 0 bridgehead atoms. The second kappa shape index (κ2) is 6.07. The maximum Gasteiger partial charge on any atom is 0.309 e. The Morgan fingerprint density at radius 2 is 2.00 bits per heavy atom. The zero-order valence-corrected chi connectivity index (χ0v) is 9.39. The summed E-state index contributed by atoms with van der Waals surface area (Å²) < 4.78 is 0. The van der Waals surface area contributed by atoms with Gasteiger partial charge in [-0.1, -0.05) is 0 Å². The summed E-state index contributed by atoms with van der Waals surface area (Å²) in [5.41, 5.74) is -1.01. The molecular weight excluding hydrogens is 194 g/mol. The second-order valence-electron chi connectivity index (χ2n) is 3.89. The van der Waals surface area contributed by atoms with E-state index in [1.165, 1.54) is 13.8 Å². The lowest BCUT2D eigenvalue weighted by atomic mass is 9.89. The highest BCUT2D eigenvalue weighted by molar-refractivity contribution is 5.84. The summed E-state index contributed by atoms with van der Waals surface area (Å²) in [6.45, 7) is 5.26. The fraction of sp³-hybridized carbons (Fsp3) is 0.636. The van der Waals surface area contributed by atoms with Gasteiger partial charge in [0.05, 0.1) is 5.41 Å². The van der Waals surface area contributed by atoms with E-state index in [1.807, 2.05) is 0 Å². The largest absolute Gasteiger partial charge is 0.481 e. The predicted molar refractivity (Wildman–Crippen MR) is 57.1 cm³/mol. The number of carbonyl (C=O) groups excluding carboxylic acids is 1. The summed E-state index contributed by atoms with van der Waals surface area (Å²) in [5.74, 6) is 4.30. The lowest BCUT2D eigenvalue weighted by Gasteiger charge is -2.17. The van der Waals surface area contributed by atoms with Crippen LogP contribution in [0.2, 0.25) is 0 Å². The zero-order chi connectivity index (χ0) is 11.9. The van der Waals surface area contributed by atoms with Gasteiger partial charge in [-0.3, -0.25) is 9.59 Å². The third-order valence-electron chi connectivity index (χ3n) is 1.93. The van der Waals surface area contributed by atoms with Crippen LogP contribution >= 0.6 is 0 Å². The first kappa shape index (κ1) is 13.5. The van der Waals surface area contributed by atoms with Gasteiger partial charge in [-0.25, -0.2) is 0 Å². The number of hydrogen-bond acceptors (Lipinski definition) is 2. The van der Waals surface area contributed by atoms with Crippen LogP contribution in [0.5, 0.6) is 0 Å². The molecule has 0 unspecified atom stereocenters. The monoisotopic (exact) mass is 211 g/mol. The molecule has 0 radical (unpaired) electrons. The fourth-order valence-electron chi connectivity index (χ4n) is 0.929. The van der Waals surface area contributed by atoms with Gasteiger partial charge in [-0.15, -0.1) is 11.8 Å². The number of carboxylic acid groups (broad SMARTS) is 1. The molecule has 2 N–H and O–H groups in total. The zero-order valence-electron chi connectivity index (χ0n) is 9.39. The van der Waals surface area contributed by atoms with E-state index in [2.05, 4.69) is 17.2 Å². The van der Waals surface area contributed by atoms with Crippen molar-refractivity contribution in [2.24, 2.45) is 5.41 Å². The average Bonchev–Trinajstić information content (AvgIpc) is 2.11. The van der Waals surface area contributed by atoms with E-state index in [0.717, 1.165) is 0 Å². The topological polar surface area (TPSA) is 66.4 Å². The Bertz CT molecular complexity index is 297. The second-order valence-corrected chi connectivity index (χ2v) is 3.89. The van der Waals surface area contributed by atoms with Crippen LogP contribution < -0.4 is 5.32 Å². The molecule has 0 saturated heterocycles. The molecule has 0 aromatic heterocycles. The van der Waals surface area contributed by atoms with Crippen LogP contribution in [0.25, 0.3) is 0 Å². The van der Waals surface area contributed by atoms with Gasteiger partial charge >= 0.3 is 5.97 Å². The Morgan fingerprint density at radius 3 is 2.47 bits per heavy atom. The van der Waals surface area contributed by atoms with Crippen molar-refractivity contribution in [2.75, 3.05) is 6.54 Å². The number of rotatable bonds is 5. The van der Waals surface area contributed by atoms with Crippen LogP contribution in [0.1, 0.15) is 33.6 Å². The quantitative estimate of drug-likeness (QED) is 0.527. The molecule has 0 rings (SSSR count). The molecule has 0 atom stereocenters. The maximum atomic E-state index is 11.3. The molecule has 15 heavy (non-hydrogen) atoms. The Balaban J connectivity index is 3.92. The minimum Gasteiger partial charge on any atom is -0.481 e. The highest BCUT2D eigenvalue weighted by Crippen LogP contribution is 2.19. The van der Waals surface area contributed by atoms with Crippen LogP contribution in [0.15, 0.2) is 0 Å². The molecule has 0 aliphatic carbocycles. The number of hydrogen-bond donors (Lipinski definition) is 2. The van der Waals surface area contributed by atoms with Crippen molar-refractivity contribution >= 4 is 11.9 Å². The Hall–Kier alpha value is -1.50. The Morgan fingerprint density at radius 1 is 1.40 bits per heavy atom.